The lowest BCUT2D eigenvalue weighted by Gasteiger charge is -2.42. The van der Waals surface area contributed by atoms with Crippen molar-refractivity contribution in [3.8, 4) is 17.3 Å². The molecule has 2 fully saturated rings. The lowest BCUT2D eigenvalue weighted by atomic mass is 9.66. The molecule has 3 heterocycles. The fourth-order valence-corrected chi connectivity index (χ4v) is 4.65. The van der Waals surface area contributed by atoms with Crippen molar-refractivity contribution >= 4 is 34.4 Å². The van der Waals surface area contributed by atoms with Crippen LogP contribution in [0.1, 0.15) is 26.7 Å². The highest BCUT2D eigenvalue weighted by atomic mass is 35.5. The SMILES string of the molecule is CC(C)(C(=O)O)C1CC(Oc2nc3nc(-c4ccc(N5CCOCC5)cc4)c(Cl)cc3[nH]2)C1. The van der Waals surface area contributed by atoms with E-state index in [-0.39, 0.29) is 12.0 Å². The first-order chi connectivity index (χ1) is 15.8. The third kappa shape index (κ3) is 4.25. The van der Waals surface area contributed by atoms with Gasteiger partial charge in [-0.05, 0) is 50.8 Å². The topological polar surface area (TPSA) is 101 Å². The number of pyridine rings is 1. The molecule has 2 N–H and O–H groups in total. The van der Waals surface area contributed by atoms with Crippen molar-refractivity contribution in [2.24, 2.45) is 11.3 Å². The van der Waals surface area contributed by atoms with E-state index in [1.165, 1.54) is 0 Å². The van der Waals surface area contributed by atoms with E-state index in [1.807, 2.05) is 18.2 Å². The molecule has 1 aromatic carbocycles. The molecule has 0 radical (unpaired) electrons. The van der Waals surface area contributed by atoms with Crippen LogP contribution in [0.5, 0.6) is 6.01 Å². The number of aromatic amines is 1. The number of hydrogen-bond acceptors (Lipinski definition) is 6. The van der Waals surface area contributed by atoms with Crippen LogP contribution in [0.4, 0.5) is 5.69 Å². The van der Waals surface area contributed by atoms with Gasteiger partial charge < -0.3 is 24.5 Å². The van der Waals surface area contributed by atoms with Gasteiger partial charge in [-0.25, -0.2) is 4.98 Å². The van der Waals surface area contributed by atoms with Crippen molar-refractivity contribution in [3.63, 3.8) is 0 Å². The Bertz CT molecular complexity index is 1170. The van der Waals surface area contributed by atoms with E-state index < -0.39 is 11.4 Å². The van der Waals surface area contributed by atoms with Crippen LogP contribution in [0.15, 0.2) is 30.3 Å². The van der Waals surface area contributed by atoms with Crippen molar-refractivity contribution < 1.29 is 19.4 Å². The number of carboxylic acids is 1. The number of imidazole rings is 1. The summed E-state index contributed by atoms with van der Waals surface area (Å²) in [5.41, 5.74) is 3.22. The molecular formula is C24H27ClN4O4. The molecule has 1 aliphatic heterocycles. The molecule has 5 rings (SSSR count). The number of aromatic nitrogens is 3. The van der Waals surface area contributed by atoms with Crippen LogP contribution in [0.3, 0.4) is 0 Å². The minimum Gasteiger partial charge on any atom is -0.481 e. The predicted molar refractivity (Wildman–Crippen MR) is 126 cm³/mol. The molecule has 1 saturated carbocycles. The number of hydrogen-bond donors (Lipinski definition) is 2. The lowest BCUT2D eigenvalue weighted by Crippen LogP contribution is -2.45. The summed E-state index contributed by atoms with van der Waals surface area (Å²) in [6.45, 7) is 6.78. The highest BCUT2D eigenvalue weighted by molar-refractivity contribution is 6.33. The first-order valence-corrected chi connectivity index (χ1v) is 11.6. The Kier molecular flexibility index (Phi) is 5.66. The van der Waals surface area contributed by atoms with Crippen LogP contribution in [-0.2, 0) is 9.53 Å². The Morgan fingerprint density at radius 3 is 2.58 bits per heavy atom. The molecule has 9 heteroatoms. The number of benzene rings is 1. The predicted octanol–water partition coefficient (Wildman–Crippen LogP) is 4.38. The monoisotopic (exact) mass is 470 g/mol. The number of carboxylic acid groups (broad SMARTS) is 1. The standard InChI is InChI=1S/C24H27ClN4O4/c1-24(2,22(30)31)15-11-17(12-15)33-23-26-19-13-18(25)20(27-21(19)28-23)14-3-5-16(6-4-14)29-7-9-32-10-8-29/h3-6,13,15,17H,7-12H2,1-2H3,(H,30,31)(H,26,27,28). The maximum absolute atomic E-state index is 11.4. The van der Waals surface area contributed by atoms with Crippen LogP contribution in [0, 0.1) is 11.3 Å². The van der Waals surface area contributed by atoms with Gasteiger partial charge in [0, 0.05) is 24.3 Å². The second kappa shape index (κ2) is 8.50. The van der Waals surface area contributed by atoms with Crippen LogP contribution >= 0.6 is 11.6 Å². The zero-order valence-electron chi connectivity index (χ0n) is 18.7. The van der Waals surface area contributed by atoms with Gasteiger partial charge in [-0.1, -0.05) is 23.7 Å². The van der Waals surface area contributed by atoms with Gasteiger partial charge in [0.05, 0.1) is 34.9 Å². The molecule has 0 atom stereocenters. The number of carbonyl (C=O) groups is 1. The normalized spacial score (nSPS) is 21.1. The van der Waals surface area contributed by atoms with Gasteiger partial charge >= 0.3 is 5.97 Å². The number of H-pyrrole nitrogens is 1. The molecule has 2 aromatic heterocycles. The highest BCUT2D eigenvalue weighted by Crippen LogP contribution is 2.43. The van der Waals surface area contributed by atoms with E-state index in [9.17, 15) is 9.90 Å². The van der Waals surface area contributed by atoms with E-state index in [0.717, 1.165) is 37.6 Å². The zero-order valence-corrected chi connectivity index (χ0v) is 19.4. The number of halogens is 1. The van der Waals surface area contributed by atoms with Gasteiger partial charge in [0.15, 0.2) is 5.65 Å². The largest absolute Gasteiger partial charge is 0.481 e. The molecule has 3 aromatic rings. The summed E-state index contributed by atoms with van der Waals surface area (Å²) in [5.74, 6) is -0.692. The van der Waals surface area contributed by atoms with Gasteiger partial charge in [-0.2, -0.15) is 4.98 Å². The number of nitrogens with one attached hydrogen (secondary N) is 1. The maximum Gasteiger partial charge on any atom is 0.309 e. The smallest absolute Gasteiger partial charge is 0.309 e. The third-order valence-corrected chi connectivity index (χ3v) is 7.15. The summed E-state index contributed by atoms with van der Waals surface area (Å²) in [6, 6.07) is 10.4. The highest BCUT2D eigenvalue weighted by Gasteiger charge is 2.45. The molecule has 1 saturated heterocycles. The minimum absolute atomic E-state index is 0.0585. The van der Waals surface area contributed by atoms with E-state index in [1.54, 1.807) is 13.8 Å². The average molecular weight is 471 g/mol. The summed E-state index contributed by atoms with van der Waals surface area (Å²) >= 11 is 6.54. The summed E-state index contributed by atoms with van der Waals surface area (Å²) in [5, 5.41) is 9.92. The minimum atomic E-state index is -0.779. The third-order valence-electron chi connectivity index (χ3n) is 6.87. The Labute approximate surface area is 196 Å². The van der Waals surface area contributed by atoms with Crippen LogP contribution in [-0.4, -0.2) is 58.4 Å². The second-order valence-electron chi connectivity index (χ2n) is 9.31. The maximum atomic E-state index is 11.4. The summed E-state index contributed by atoms with van der Waals surface area (Å²) in [4.78, 5) is 26.0. The molecule has 8 nitrogen and oxygen atoms in total. The van der Waals surface area contributed by atoms with Crippen molar-refractivity contribution in [1.82, 2.24) is 15.0 Å². The van der Waals surface area contributed by atoms with E-state index >= 15 is 0 Å². The fraction of sp³-hybridized carbons (Fsp3) is 0.458. The quantitative estimate of drug-likeness (QED) is 0.551. The van der Waals surface area contributed by atoms with Crippen LogP contribution < -0.4 is 9.64 Å². The van der Waals surface area contributed by atoms with E-state index in [0.29, 0.717) is 40.7 Å². The first-order valence-electron chi connectivity index (χ1n) is 11.2. The number of ether oxygens (including phenoxy) is 2. The number of morpholine rings is 1. The average Bonchev–Trinajstić information content (AvgIpc) is 3.17. The van der Waals surface area contributed by atoms with Crippen LogP contribution in [0.2, 0.25) is 5.02 Å². The molecular weight excluding hydrogens is 444 g/mol. The molecule has 1 aliphatic carbocycles. The number of aliphatic carboxylic acids is 1. The Morgan fingerprint density at radius 1 is 1.21 bits per heavy atom. The second-order valence-corrected chi connectivity index (χ2v) is 9.72. The first kappa shape index (κ1) is 22.0. The van der Waals surface area contributed by atoms with E-state index in [2.05, 4.69) is 32.0 Å². The number of rotatable bonds is 6. The van der Waals surface area contributed by atoms with Gasteiger partial charge in [0.2, 0.25) is 0 Å². The van der Waals surface area contributed by atoms with Gasteiger partial charge in [-0.15, -0.1) is 0 Å². The molecule has 2 aliphatic rings. The van der Waals surface area contributed by atoms with Gasteiger partial charge in [-0.3, -0.25) is 4.79 Å². The van der Waals surface area contributed by atoms with Crippen molar-refractivity contribution in [2.45, 2.75) is 32.8 Å². The molecule has 0 unspecified atom stereocenters. The zero-order chi connectivity index (χ0) is 23.2. The number of nitrogens with zero attached hydrogens (tertiary/aromatic N) is 3. The van der Waals surface area contributed by atoms with Crippen molar-refractivity contribution in [1.29, 1.82) is 0 Å². The lowest BCUT2D eigenvalue weighted by molar-refractivity contribution is -0.154. The molecule has 33 heavy (non-hydrogen) atoms. The van der Waals surface area contributed by atoms with Crippen molar-refractivity contribution in [2.75, 3.05) is 31.2 Å². The molecule has 174 valence electrons. The number of fused-ring (bicyclic) bond motifs is 1. The summed E-state index contributed by atoms with van der Waals surface area (Å²) < 4.78 is 11.4. The fourth-order valence-electron chi connectivity index (χ4n) is 4.39. The molecule has 0 bridgehead atoms. The van der Waals surface area contributed by atoms with Crippen LogP contribution in [0.25, 0.3) is 22.4 Å². The summed E-state index contributed by atoms with van der Waals surface area (Å²) in [7, 11) is 0. The van der Waals surface area contributed by atoms with E-state index in [4.69, 9.17) is 21.1 Å². The Balaban J connectivity index is 1.30. The Hall–Kier alpha value is -2.84. The number of anilines is 1. The van der Waals surface area contributed by atoms with Crippen molar-refractivity contribution in [3.05, 3.63) is 35.4 Å². The molecule has 0 amide bonds. The van der Waals surface area contributed by atoms with Gasteiger partial charge in [0.25, 0.3) is 6.01 Å². The van der Waals surface area contributed by atoms with Gasteiger partial charge in [0.1, 0.15) is 6.10 Å². The molecule has 0 spiro atoms. The summed E-state index contributed by atoms with van der Waals surface area (Å²) in [6.07, 6.45) is 1.31. The Morgan fingerprint density at radius 2 is 1.91 bits per heavy atom.